The molecule has 1 amide bonds. The van der Waals surface area contributed by atoms with Crippen LogP contribution in [-0.2, 0) is 20.9 Å². The molecule has 0 spiro atoms. The van der Waals surface area contributed by atoms with Gasteiger partial charge in [0.05, 0.1) is 38.0 Å². The third-order valence-corrected chi connectivity index (χ3v) is 6.84. The lowest BCUT2D eigenvalue weighted by Crippen LogP contribution is -2.39. The first-order valence-electron chi connectivity index (χ1n) is 12.0. The van der Waals surface area contributed by atoms with E-state index < -0.39 is 12.0 Å². The monoisotopic (exact) mass is 521 g/mol. The van der Waals surface area contributed by atoms with Gasteiger partial charge in [0, 0.05) is 17.3 Å². The Bertz CT molecular complexity index is 1270. The number of para-hydroxylation sites is 1. The number of fused-ring (bicyclic) bond motifs is 1. The predicted molar refractivity (Wildman–Crippen MR) is 144 cm³/mol. The number of aliphatic imine (C=N–C) groups is 1. The second-order valence-electron chi connectivity index (χ2n) is 8.94. The fraction of sp³-hybridized carbons (Fsp3) is 0.321. The van der Waals surface area contributed by atoms with Crippen molar-refractivity contribution in [1.82, 2.24) is 10.2 Å². The number of carbonyl (C=O) groups is 2. The molecule has 0 aliphatic carbocycles. The lowest BCUT2D eigenvalue weighted by atomic mass is 9.92. The fourth-order valence-electron chi connectivity index (χ4n) is 4.39. The number of nitrogens with one attached hydrogen (secondary N) is 1. The minimum absolute atomic E-state index is 0.0107. The second kappa shape index (κ2) is 11.6. The summed E-state index contributed by atoms with van der Waals surface area (Å²) >= 11 is 1.42. The molecule has 1 N–H and O–H groups in total. The van der Waals surface area contributed by atoms with Crippen molar-refractivity contribution in [2.75, 3.05) is 14.2 Å². The molecule has 2 aromatic rings. The topological polar surface area (TPSA) is 89.5 Å². The predicted octanol–water partition coefficient (Wildman–Crippen LogP) is 4.94. The van der Waals surface area contributed by atoms with Gasteiger partial charge in [0.15, 0.2) is 16.7 Å². The molecule has 0 aromatic heterocycles. The van der Waals surface area contributed by atoms with E-state index in [0.29, 0.717) is 33.5 Å². The van der Waals surface area contributed by atoms with E-state index in [1.165, 1.54) is 11.8 Å². The summed E-state index contributed by atoms with van der Waals surface area (Å²) in [6, 6.07) is 14.4. The maximum atomic E-state index is 13.6. The van der Waals surface area contributed by atoms with Gasteiger partial charge >= 0.3 is 5.97 Å². The number of ether oxygens (including phenoxy) is 3. The molecule has 194 valence electrons. The van der Waals surface area contributed by atoms with Gasteiger partial charge in [0.25, 0.3) is 0 Å². The summed E-state index contributed by atoms with van der Waals surface area (Å²) in [4.78, 5) is 33.0. The molecule has 0 fully saturated rings. The fourth-order valence-corrected chi connectivity index (χ4v) is 5.35. The third-order valence-electron chi connectivity index (χ3n) is 5.95. The van der Waals surface area contributed by atoms with Crippen molar-refractivity contribution < 1.29 is 23.8 Å². The van der Waals surface area contributed by atoms with Gasteiger partial charge in [-0.05, 0) is 37.8 Å². The van der Waals surface area contributed by atoms with E-state index in [0.717, 1.165) is 11.3 Å². The Morgan fingerprint density at radius 3 is 2.51 bits per heavy atom. The van der Waals surface area contributed by atoms with Crippen molar-refractivity contribution in [2.45, 2.75) is 45.9 Å². The molecule has 0 bridgehead atoms. The van der Waals surface area contributed by atoms with Gasteiger partial charge < -0.3 is 24.4 Å². The summed E-state index contributed by atoms with van der Waals surface area (Å²) in [6.07, 6.45) is 0.137. The summed E-state index contributed by atoms with van der Waals surface area (Å²) in [5, 5.41) is 5.52. The number of hydrogen-bond donors (Lipinski definition) is 1. The summed E-state index contributed by atoms with van der Waals surface area (Å²) in [6.45, 7) is 5.76. The molecule has 2 aliphatic heterocycles. The zero-order valence-electron chi connectivity index (χ0n) is 21.6. The Kier molecular flexibility index (Phi) is 8.23. The van der Waals surface area contributed by atoms with Crippen LogP contribution < -0.4 is 14.8 Å². The van der Waals surface area contributed by atoms with Gasteiger partial charge in [-0.2, -0.15) is 0 Å². The second-order valence-corrected chi connectivity index (χ2v) is 9.77. The Morgan fingerprint density at radius 2 is 1.84 bits per heavy atom. The van der Waals surface area contributed by atoms with Crippen molar-refractivity contribution in [2.24, 2.45) is 4.99 Å². The molecule has 37 heavy (non-hydrogen) atoms. The average Bonchev–Trinajstić information content (AvgIpc) is 3.27. The molecule has 0 saturated heterocycles. The van der Waals surface area contributed by atoms with E-state index in [2.05, 4.69) is 5.32 Å². The molecule has 9 heteroatoms. The molecule has 2 heterocycles. The minimum Gasteiger partial charge on any atom is -0.493 e. The highest BCUT2D eigenvalue weighted by Gasteiger charge is 2.42. The number of carbonyl (C=O) groups excluding carboxylic acids is 2. The quantitative estimate of drug-likeness (QED) is 0.468. The maximum absolute atomic E-state index is 13.6. The van der Waals surface area contributed by atoms with Crippen LogP contribution in [0.5, 0.6) is 11.5 Å². The van der Waals surface area contributed by atoms with Crippen LogP contribution in [0.1, 0.15) is 44.4 Å². The van der Waals surface area contributed by atoms with E-state index in [1.54, 1.807) is 27.2 Å². The molecule has 0 radical (unpaired) electrons. The number of amidine groups is 1. The molecule has 8 nitrogen and oxygen atoms in total. The number of methoxy groups -OCH3 is 2. The molecule has 2 aromatic carbocycles. The van der Waals surface area contributed by atoms with Gasteiger partial charge in [-0.1, -0.05) is 54.2 Å². The van der Waals surface area contributed by atoms with Gasteiger partial charge in [0.1, 0.15) is 6.61 Å². The standard InChI is InChI=1S/C28H31N3O5S/c1-17(2)29-23(32)14-20-16-37-28-30-18(3)24(27(33)36-15-19-10-7-6-8-11-19)25(31(20)28)21-12-9-13-22(34-4)26(21)35-5/h6-13,16-17,25H,14-15H2,1-5H3,(H,29,32). The van der Waals surface area contributed by atoms with E-state index in [-0.39, 0.29) is 25.0 Å². The molecule has 1 atom stereocenters. The van der Waals surface area contributed by atoms with E-state index in [1.807, 2.05) is 66.6 Å². The van der Waals surface area contributed by atoms with Crippen LogP contribution in [0.4, 0.5) is 0 Å². The average molecular weight is 522 g/mol. The zero-order valence-corrected chi connectivity index (χ0v) is 22.4. The Hall–Kier alpha value is -3.72. The highest BCUT2D eigenvalue weighted by molar-refractivity contribution is 8.16. The number of allylic oxidation sites excluding steroid dienone is 1. The number of esters is 1. The van der Waals surface area contributed by atoms with Crippen molar-refractivity contribution in [1.29, 1.82) is 0 Å². The number of rotatable bonds is 9. The SMILES string of the molecule is COc1cccc(C2C(C(=O)OCc3ccccc3)=C(C)N=C3SC=C(CC(=O)NC(C)C)N32)c1OC. The van der Waals surface area contributed by atoms with Gasteiger partial charge in [-0.15, -0.1) is 0 Å². The van der Waals surface area contributed by atoms with Crippen LogP contribution in [0.3, 0.4) is 0 Å². The Morgan fingerprint density at radius 1 is 1.08 bits per heavy atom. The Labute approximate surface area is 221 Å². The van der Waals surface area contributed by atoms with Crippen molar-refractivity contribution in [3.8, 4) is 11.5 Å². The molecular weight excluding hydrogens is 490 g/mol. The third kappa shape index (κ3) is 5.67. The van der Waals surface area contributed by atoms with Crippen LogP contribution in [0, 0.1) is 0 Å². The number of benzene rings is 2. The molecule has 2 aliphatic rings. The van der Waals surface area contributed by atoms with Gasteiger partial charge in [0.2, 0.25) is 5.91 Å². The van der Waals surface area contributed by atoms with Crippen LogP contribution in [0.2, 0.25) is 0 Å². The molecule has 0 saturated carbocycles. The van der Waals surface area contributed by atoms with Crippen molar-refractivity contribution in [3.63, 3.8) is 0 Å². The molecule has 1 unspecified atom stereocenters. The normalized spacial score (nSPS) is 16.7. The number of amides is 1. The minimum atomic E-state index is -0.631. The highest BCUT2D eigenvalue weighted by Crippen LogP contribution is 2.48. The van der Waals surface area contributed by atoms with Gasteiger partial charge in [-0.3, -0.25) is 4.79 Å². The number of nitrogens with zero attached hydrogens (tertiary/aromatic N) is 2. The first-order chi connectivity index (χ1) is 17.8. The lowest BCUT2D eigenvalue weighted by Gasteiger charge is -2.37. The lowest BCUT2D eigenvalue weighted by molar-refractivity contribution is -0.141. The van der Waals surface area contributed by atoms with Gasteiger partial charge in [-0.25, -0.2) is 9.79 Å². The van der Waals surface area contributed by atoms with E-state index >= 15 is 0 Å². The summed E-state index contributed by atoms with van der Waals surface area (Å²) in [5.41, 5.74) is 3.25. The summed E-state index contributed by atoms with van der Waals surface area (Å²) < 4.78 is 17.1. The molecule has 4 rings (SSSR count). The largest absolute Gasteiger partial charge is 0.493 e. The summed E-state index contributed by atoms with van der Waals surface area (Å²) in [7, 11) is 3.13. The van der Waals surface area contributed by atoms with Crippen LogP contribution in [0.25, 0.3) is 0 Å². The first kappa shape index (κ1) is 26.3. The van der Waals surface area contributed by atoms with Crippen LogP contribution in [-0.4, -0.2) is 42.2 Å². The van der Waals surface area contributed by atoms with E-state index in [4.69, 9.17) is 19.2 Å². The maximum Gasteiger partial charge on any atom is 0.338 e. The smallest absolute Gasteiger partial charge is 0.338 e. The van der Waals surface area contributed by atoms with Crippen molar-refractivity contribution in [3.05, 3.63) is 82.0 Å². The summed E-state index contributed by atoms with van der Waals surface area (Å²) in [5.74, 6) is 0.440. The number of hydrogen-bond acceptors (Lipinski definition) is 8. The zero-order chi connectivity index (χ0) is 26.5. The van der Waals surface area contributed by atoms with Crippen molar-refractivity contribution >= 4 is 28.8 Å². The Balaban J connectivity index is 1.76. The molecular formula is C28H31N3O5S. The first-order valence-corrected chi connectivity index (χ1v) is 12.9. The number of thioether (sulfide) groups is 1. The van der Waals surface area contributed by atoms with Crippen LogP contribution >= 0.6 is 11.8 Å². The highest BCUT2D eigenvalue weighted by atomic mass is 32.2. The van der Waals surface area contributed by atoms with Crippen LogP contribution in [0.15, 0.2) is 75.9 Å². The van der Waals surface area contributed by atoms with E-state index in [9.17, 15) is 9.59 Å².